The van der Waals surface area contributed by atoms with Crippen LogP contribution in [0, 0.1) is 11.8 Å². The summed E-state index contributed by atoms with van der Waals surface area (Å²) in [7, 11) is 1.61. The van der Waals surface area contributed by atoms with Crippen LogP contribution in [0.25, 0.3) is 0 Å². The van der Waals surface area contributed by atoms with Gasteiger partial charge in [0.15, 0.2) is 0 Å². The molecule has 3 N–H and O–H groups in total. The molecule has 1 aromatic rings. The quantitative estimate of drug-likeness (QED) is 0.567. The largest absolute Gasteiger partial charge is 0.345 e. The number of carbonyl (C=O) groups is 3. The van der Waals surface area contributed by atoms with Gasteiger partial charge in [0.2, 0.25) is 11.8 Å². The molecule has 6 heteroatoms. The number of benzene rings is 1. The molecule has 3 atom stereocenters. The van der Waals surface area contributed by atoms with Crippen LogP contribution in [0.2, 0.25) is 0 Å². The van der Waals surface area contributed by atoms with E-state index < -0.39 is 18.1 Å². The number of aldehydes is 1. The van der Waals surface area contributed by atoms with Crippen molar-refractivity contribution in [3.8, 4) is 0 Å². The van der Waals surface area contributed by atoms with Crippen LogP contribution in [0.1, 0.15) is 46.1 Å². The lowest BCUT2D eigenvalue weighted by molar-refractivity contribution is -0.141. The molecule has 0 aliphatic carbocycles. The summed E-state index contributed by atoms with van der Waals surface area (Å²) in [6.07, 6.45) is 2.23. The smallest absolute Gasteiger partial charge is 0.243 e. The van der Waals surface area contributed by atoms with E-state index in [9.17, 15) is 14.4 Å². The summed E-state index contributed by atoms with van der Waals surface area (Å²) in [4.78, 5) is 38.5. The summed E-state index contributed by atoms with van der Waals surface area (Å²) >= 11 is 0. The molecule has 156 valence electrons. The van der Waals surface area contributed by atoms with Gasteiger partial charge in [-0.15, -0.1) is 0 Å². The molecule has 0 spiro atoms. The molecule has 0 saturated carbocycles. The molecule has 1 rings (SSSR count). The zero-order valence-corrected chi connectivity index (χ0v) is 17.7. The van der Waals surface area contributed by atoms with Crippen LogP contribution in [0.4, 0.5) is 0 Å². The van der Waals surface area contributed by atoms with Gasteiger partial charge in [-0.3, -0.25) is 9.59 Å². The molecule has 28 heavy (non-hydrogen) atoms. The maximum absolute atomic E-state index is 12.9. The minimum atomic E-state index is -0.729. The Bertz CT molecular complexity index is 631. The van der Waals surface area contributed by atoms with Crippen molar-refractivity contribution in [2.75, 3.05) is 7.05 Å². The highest BCUT2D eigenvalue weighted by atomic mass is 16.2. The van der Waals surface area contributed by atoms with E-state index in [1.165, 1.54) is 4.90 Å². The summed E-state index contributed by atoms with van der Waals surface area (Å²) in [5.41, 5.74) is 7.10. The van der Waals surface area contributed by atoms with Crippen molar-refractivity contribution in [1.82, 2.24) is 10.2 Å². The Kier molecular flexibility index (Phi) is 9.87. The minimum Gasteiger partial charge on any atom is -0.345 e. The molecule has 2 amide bonds. The number of hydrogen-bond acceptors (Lipinski definition) is 4. The summed E-state index contributed by atoms with van der Waals surface area (Å²) in [6, 6.07) is 7.61. The van der Waals surface area contributed by atoms with Gasteiger partial charge in [0, 0.05) is 7.05 Å². The molecule has 6 nitrogen and oxygen atoms in total. The molecule has 0 saturated heterocycles. The van der Waals surface area contributed by atoms with Crippen LogP contribution in [0.3, 0.4) is 0 Å². The number of nitrogens with one attached hydrogen (secondary N) is 1. The molecular formula is C22H35N3O3. The second-order valence-electron chi connectivity index (χ2n) is 8.27. The first-order valence-electron chi connectivity index (χ1n) is 9.97. The number of amides is 2. The van der Waals surface area contributed by atoms with Gasteiger partial charge in [-0.2, -0.15) is 0 Å². The van der Waals surface area contributed by atoms with E-state index in [0.717, 1.165) is 11.8 Å². The standard InChI is InChI=1S/C22H35N3O3/c1-15(2)11-18(14-26)24-21(27)20(12-16(3)4)25(5)22(28)19(23)13-17-9-7-6-8-10-17/h6-10,14-16,18-20H,11-13,23H2,1-5H3,(H,24,27)/t18-,19-,20-/m0/s1. The van der Waals surface area contributed by atoms with Crippen molar-refractivity contribution in [3.05, 3.63) is 35.9 Å². The Morgan fingerprint density at radius 1 is 1.07 bits per heavy atom. The Morgan fingerprint density at radius 2 is 1.64 bits per heavy atom. The maximum atomic E-state index is 12.9. The van der Waals surface area contributed by atoms with Crippen LogP contribution in [0.5, 0.6) is 0 Å². The van der Waals surface area contributed by atoms with E-state index in [0.29, 0.717) is 19.3 Å². The molecule has 0 aliphatic rings. The van der Waals surface area contributed by atoms with Crippen LogP contribution in [0.15, 0.2) is 30.3 Å². The molecule has 0 radical (unpaired) electrons. The number of nitrogens with two attached hydrogens (primary N) is 1. The molecule has 0 fully saturated rings. The molecule has 1 aromatic carbocycles. The van der Waals surface area contributed by atoms with Gasteiger partial charge in [-0.05, 0) is 36.7 Å². The number of likely N-dealkylation sites (N-methyl/N-ethyl adjacent to an activating group) is 1. The fraction of sp³-hybridized carbons (Fsp3) is 0.591. The number of nitrogens with zero attached hydrogens (tertiary/aromatic N) is 1. The van der Waals surface area contributed by atoms with E-state index in [1.54, 1.807) is 7.05 Å². The normalized spacial score (nSPS) is 14.4. The van der Waals surface area contributed by atoms with E-state index >= 15 is 0 Å². The Morgan fingerprint density at radius 3 is 2.14 bits per heavy atom. The molecular weight excluding hydrogens is 354 g/mol. The lowest BCUT2D eigenvalue weighted by Gasteiger charge is -2.31. The second-order valence-corrected chi connectivity index (χ2v) is 8.27. The zero-order chi connectivity index (χ0) is 21.3. The average molecular weight is 390 g/mol. The van der Waals surface area contributed by atoms with Crippen molar-refractivity contribution in [2.24, 2.45) is 17.6 Å². The highest BCUT2D eigenvalue weighted by Gasteiger charge is 2.31. The maximum Gasteiger partial charge on any atom is 0.243 e. The predicted molar refractivity (Wildman–Crippen MR) is 112 cm³/mol. The number of hydrogen-bond donors (Lipinski definition) is 2. The first kappa shape index (κ1) is 23.8. The van der Waals surface area contributed by atoms with Crippen molar-refractivity contribution in [1.29, 1.82) is 0 Å². The fourth-order valence-electron chi connectivity index (χ4n) is 3.19. The predicted octanol–water partition coefficient (Wildman–Crippen LogP) is 2.16. The van der Waals surface area contributed by atoms with Gasteiger partial charge in [0.1, 0.15) is 12.3 Å². The Hall–Kier alpha value is -2.21. The Labute approximate surface area is 168 Å². The van der Waals surface area contributed by atoms with Gasteiger partial charge in [0.05, 0.1) is 12.1 Å². The van der Waals surface area contributed by atoms with Crippen molar-refractivity contribution < 1.29 is 14.4 Å². The number of rotatable bonds is 11. The summed E-state index contributed by atoms with van der Waals surface area (Å²) in [6.45, 7) is 7.97. The molecule has 0 aliphatic heterocycles. The summed E-state index contributed by atoms with van der Waals surface area (Å²) in [5, 5.41) is 2.79. The van der Waals surface area contributed by atoms with E-state index in [-0.39, 0.29) is 23.7 Å². The number of carbonyl (C=O) groups excluding carboxylic acids is 3. The third kappa shape index (κ3) is 7.80. The molecule has 0 aromatic heterocycles. The van der Waals surface area contributed by atoms with Gasteiger partial charge in [-0.1, -0.05) is 58.0 Å². The van der Waals surface area contributed by atoms with Gasteiger partial charge < -0.3 is 20.7 Å². The first-order valence-corrected chi connectivity index (χ1v) is 9.97. The van der Waals surface area contributed by atoms with Gasteiger partial charge >= 0.3 is 0 Å². The second kappa shape index (κ2) is 11.6. The third-order valence-corrected chi connectivity index (χ3v) is 4.65. The van der Waals surface area contributed by atoms with E-state index in [4.69, 9.17) is 5.73 Å². The van der Waals surface area contributed by atoms with E-state index in [2.05, 4.69) is 5.32 Å². The first-order chi connectivity index (χ1) is 13.1. The van der Waals surface area contributed by atoms with Crippen molar-refractivity contribution >= 4 is 18.1 Å². The topological polar surface area (TPSA) is 92.5 Å². The summed E-state index contributed by atoms with van der Waals surface area (Å²) in [5.74, 6) is -0.112. The summed E-state index contributed by atoms with van der Waals surface area (Å²) < 4.78 is 0. The Balaban J connectivity index is 2.87. The molecule has 0 bridgehead atoms. The average Bonchev–Trinajstić information content (AvgIpc) is 2.64. The van der Waals surface area contributed by atoms with Crippen LogP contribution in [-0.2, 0) is 20.8 Å². The van der Waals surface area contributed by atoms with Crippen molar-refractivity contribution in [3.63, 3.8) is 0 Å². The van der Waals surface area contributed by atoms with Gasteiger partial charge in [0.25, 0.3) is 0 Å². The lowest BCUT2D eigenvalue weighted by Crippen LogP contribution is -2.55. The third-order valence-electron chi connectivity index (χ3n) is 4.65. The SMILES string of the molecule is CC(C)C[C@@H](C=O)NC(=O)[C@H](CC(C)C)N(C)C(=O)[C@@H](N)Cc1ccccc1. The monoisotopic (exact) mass is 389 g/mol. The van der Waals surface area contributed by atoms with E-state index in [1.807, 2.05) is 58.0 Å². The lowest BCUT2D eigenvalue weighted by atomic mass is 9.99. The highest BCUT2D eigenvalue weighted by Crippen LogP contribution is 2.14. The minimum absolute atomic E-state index is 0.205. The van der Waals surface area contributed by atoms with Crippen LogP contribution < -0.4 is 11.1 Å². The zero-order valence-electron chi connectivity index (χ0n) is 17.7. The van der Waals surface area contributed by atoms with Gasteiger partial charge in [-0.25, -0.2) is 0 Å². The highest BCUT2D eigenvalue weighted by molar-refractivity contribution is 5.90. The molecule has 0 unspecified atom stereocenters. The van der Waals surface area contributed by atoms with Crippen LogP contribution in [-0.4, -0.2) is 48.2 Å². The van der Waals surface area contributed by atoms with Crippen LogP contribution >= 0.6 is 0 Å². The van der Waals surface area contributed by atoms with Crippen molar-refractivity contribution in [2.45, 2.75) is 65.1 Å². The fourth-order valence-corrected chi connectivity index (χ4v) is 3.19. The molecule has 0 heterocycles.